The van der Waals surface area contributed by atoms with Crippen molar-refractivity contribution in [3.8, 4) is 0 Å². The third kappa shape index (κ3) is 8.02. The van der Waals surface area contributed by atoms with Gasteiger partial charge in [0, 0.05) is 19.2 Å². The molecule has 0 aromatic heterocycles. The molecule has 0 spiro atoms. The second kappa shape index (κ2) is 14.0. The first-order valence-corrected chi connectivity index (χ1v) is 13.9. The Kier molecular flexibility index (Phi) is 11.8. The van der Waals surface area contributed by atoms with Gasteiger partial charge >= 0.3 is 42.0 Å². The molecule has 21 heteroatoms. The summed E-state index contributed by atoms with van der Waals surface area (Å²) >= 11 is 0. The highest BCUT2D eigenvalue weighted by atomic mass is 32.2. The number of rotatable bonds is 16. The highest BCUT2D eigenvalue weighted by Gasteiger charge is 2.87. The molecule has 0 aliphatic rings. The molecule has 2 rings (SSSR count). The van der Waals surface area contributed by atoms with Crippen LogP contribution in [0.1, 0.15) is 13.8 Å². The minimum atomic E-state index is -7.82. The molecular formula is C25H23F12N3O5S. The maximum Gasteiger partial charge on any atom is 0.384 e. The monoisotopic (exact) mass is 705 g/mol. The number of halogens is 12. The van der Waals surface area contributed by atoms with Crippen molar-refractivity contribution in [3.05, 3.63) is 48.5 Å². The quantitative estimate of drug-likeness (QED) is 0.0771. The van der Waals surface area contributed by atoms with Crippen molar-refractivity contribution in [2.24, 2.45) is 10.2 Å². The summed E-state index contributed by atoms with van der Waals surface area (Å²) in [5.41, 5.74) is 0.991. The fourth-order valence-electron chi connectivity index (χ4n) is 3.38. The molecule has 8 nitrogen and oxygen atoms in total. The van der Waals surface area contributed by atoms with E-state index in [0.29, 0.717) is 30.9 Å². The first-order valence-electron chi connectivity index (χ1n) is 12.5. The second-order valence-corrected chi connectivity index (χ2v) is 10.8. The molecular weight excluding hydrogens is 682 g/mol. The summed E-state index contributed by atoms with van der Waals surface area (Å²) in [5.74, 6) is -37.3. The van der Waals surface area contributed by atoms with Gasteiger partial charge in [-0.05, 0) is 55.5 Å². The van der Waals surface area contributed by atoms with Crippen LogP contribution < -0.4 is 4.90 Å². The Morgan fingerprint density at radius 2 is 1.28 bits per heavy atom. The Morgan fingerprint density at radius 1 is 0.804 bits per heavy atom. The van der Waals surface area contributed by atoms with E-state index in [1.54, 1.807) is 24.3 Å². The molecule has 0 heterocycles. The number of carbonyl (C=O) groups is 1. The van der Waals surface area contributed by atoms with Crippen molar-refractivity contribution in [2.75, 3.05) is 31.2 Å². The minimum absolute atomic E-state index is 0.0571. The molecule has 0 atom stereocenters. The number of anilines is 1. The lowest BCUT2D eigenvalue weighted by atomic mass is 9.95. The zero-order valence-corrected chi connectivity index (χ0v) is 24.2. The molecule has 2 aromatic rings. The molecule has 0 bridgehead atoms. The van der Waals surface area contributed by atoms with Crippen molar-refractivity contribution < 1.29 is 74.8 Å². The number of esters is 1. The lowest BCUT2D eigenvalue weighted by Gasteiger charge is -2.38. The topological polar surface area (TPSA) is 97.6 Å². The van der Waals surface area contributed by atoms with Crippen LogP contribution >= 0.6 is 0 Å². The Bertz CT molecular complexity index is 1470. The minimum Gasteiger partial charge on any atom is -0.464 e. The van der Waals surface area contributed by atoms with Gasteiger partial charge in [-0.25, -0.2) is 8.78 Å². The van der Waals surface area contributed by atoms with Gasteiger partial charge in [0.15, 0.2) is 0 Å². The third-order valence-electron chi connectivity index (χ3n) is 6.01. The first-order chi connectivity index (χ1) is 20.9. The number of alkyl halides is 12. The number of hydrogen-bond acceptors (Lipinski definition) is 8. The zero-order valence-electron chi connectivity index (χ0n) is 23.4. The van der Waals surface area contributed by atoms with Crippen molar-refractivity contribution in [1.29, 1.82) is 0 Å². The van der Waals surface area contributed by atoms with Gasteiger partial charge in [-0.1, -0.05) is 0 Å². The van der Waals surface area contributed by atoms with E-state index in [9.17, 15) is 65.9 Å². The molecule has 0 radical (unpaired) electrons. The van der Waals surface area contributed by atoms with Crippen LogP contribution in [0.4, 0.5) is 69.7 Å². The summed E-state index contributed by atoms with van der Waals surface area (Å²) in [4.78, 5) is 11.7. The molecule has 0 amide bonds. The molecule has 258 valence electrons. The molecule has 0 fully saturated rings. The molecule has 46 heavy (non-hydrogen) atoms. The van der Waals surface area contributed by atoms with Crippen LogP contribution in [-0.4, -0.2) is 76.7 Å². The molecule has 2 aromatic carbocycles. The first kappa shape index (κ1) is 38.6. The van der Waals surface area contributed by atoms with Gasteiger partial charge < -0.3 is 9.64 Å². The largest absolute Gasteiger partial charge is 0.464 e. The van der Waals surface area contributed by atoms with Gasteiger partial charge in [0.25, 0.3) is 10.1 Å². The van der Waals surface area contributed by atoms with E-state index in [0.717, 1.165) is 17.8 Å². The van der Waals surface area contributed by atoms with Crippen LogP contribution in [0.5, 0.6) is 0 Å². The summed E-state index contributed by atoms with van der Waals surface area (Å²) in [5, 5.41) is 7.68. The predicted octanol–water partition coefficient (Wildman–Crippen LogP) is 7.64. The molecule has 0 saturated heterocycles. The summed E-state index contributed by atoms with van der Waals surface area (Å²) < 4.78 is 192. The van der Waals surface area contributed by atoms with E-state index in [-0.39, 0.29) is 12.3 Å². The highest BCUT2D eigenvalue weighted by molar-refractivity contribution is 7.86. The van der Waals surface area contributed by atoms with Crippen LogP contribution in [-0.2, 0) is 23.8 Å². The number of azo groups is 1. The van der Waals surface area contributed by atoms with Crippen molar-refractivity contribution in [1.82, 2.24) is 0 Å². The number of benzene rings is 2. The van der Waals surface area contributed by atoms with Gasteiger partial charge in [-0.2, -0.15) is 62.6 Å². The van der Waals surface area contributed by atoms with Gasteiger partial charge in [0.1, 0.15) is 13.2 Å². The SMILES string of the molecule is CCN(CCOC(C)=O)c1ccc(N=Nc2ccc(S(=O)(=O)OCC(F)(F)C(F)(F)C(F)(F)C(F)(F)C(F)(F)C(F)F)cc2)cc1. The number of nitrogens with zero attached hydrogens (tertiary/aromatic N) is 3. The van der Waals surface area contributed by atoms with E-state index in [1.165, 1.54) is 6.92 Å². The maximum atomic E-state index is 13.9. The average Bonchev–Trinajstić information content (AvgIpc) is 2.97. The van der Waals surface area contributed by atoms with E-state index in [4.69, 9.17) is 4.74 Å². The van der Waals surface area contributed by atoms with Gasteiger partial charge in [-0.3, -0.25) is 8.98 Å². The lowest BCUT2D eigenvalue weighted by Crippen LogP contribution is -2.69. The summed E-state index contributed by atoms with van der Waals surface area (Å²) in [6.45, 7) is 0.979. The number of hydrogen-bond donors (Lipinski definition) is 0. The smallest absolute Gasteiger partial charge is 0.384 e. The molecule has 0 saturated carbocycles. The highest BCUT2D eigenvalue weighted by Crippen LogP contribution is 2.58. The summed E-state index contributed by atoms with van der Waals surface area (Å²) in [7, 11) is -5.51. The van der Waals surface area contributed by atoms with Gasteiger partial charge in [-0.15, -0.1) is 0 Å². The molecule has 0 aliphatic heterocycles. The number of carbonyl (C=O) groups excluding carboxylic acids is 1. The fraction of sp³-hybridized carbons (Fsp3) is 0.480. The van der Waals surface area contributed by atoms with E-state index in [2.05, 4.69) is 14.4 Å². The normalized spacial score (nSPS) is 13.8. The van der Waals surface area contributed by atoms with Crippen molar-refractivity contribution in [3.63, 3.8) is 0 Å². The van der Waals surface area contributed by atoms with Crippen molar-refractivity contribution in [2.45, 2.75) is 54.8 Å². The average molecular weight is 706 g/mol. The Balaban J connectivity index is 2.13. The van der Waals surface area contributed by atoms with Crippen LogP contribution in [0, 0.1) is 0 Å². The van der Waals surface area contributed by atoms with E-state index in [1.807, 2.05) is 11.8 Å². The van der Waals surface area contributed by atoms with Gasteiger partial charge in [0.05, 0.1) is 22.8 Å². The lowest BCUT2D eigenvalue weighted by molar-refractivity contribution is -0.414. The Labute approximate surface area is 253 Å². The number of likely N-dealkylation sites (N-methyl/N-ethyl adjacent to an activating group) is 1. The molecule has 0 aliphatic carbocycles. The van der Waals surface area contributed by atoms with Gasteiger partial charge in [0.2, 0.25) is 0 Å². The Morgan fingerprint density at radius 3 is 1.72 bits per heavy atom. The fourth-order valence-corrected chi connectivity index (χ4v) is 4.29. The number of ether oxygens (including phenoxy) is 1. The van der Waals surface area contributed by atoms with Crippen LogP contribution in [0.15, 0.2) is 63.7 Å². The summed E-state index contributed by atoms with van der Waals surface area (Å²) in [6, 6.07) is 9.49. The zero-order chi connectivity index (χ0) is 35.4. The standard InChI is InChI=1S/C25H23F12N3O5S/c1-3-40(12-13-44-15(2)41)18-8-4-16(5-9-18)38-39-17-6-10-19(11-7-17)46(42,43)45-14-21(28,29)23(32,33)25(36,37)24(34,35)22(30,31)20(26)27/h4-11,20H,3,12-14H2,1-2H3. The van der Waals surface area contributed by atoms with Crippen LogP contribution in [0.25, 0.3) is 0 Å². The predicted molar refractivity (Wildman–Crippen MR) is 135 cm³/mol. The van der Waals surface area contributed by atoms with Crippen molar-refractivity contribution >= 4 is 33.1 Å². The van der Waals surface area contributed by atoms with Crippen LogP contribution in [0.3, 0.4) is 0 Å². The molecule has 0 N–H and O–H groups in total. The van der Waals surface area contributed by atoms with E-state index >= 15 is 0 Å². The Hall–Kier alpha value is -3.62. The molecule has 0 unspecified atom stereocenters. The van der Waals surface area contributed by atoms with E-state index < -0.39 is 63.6 Å². The maximum absolute atomic E-state index is 13.9. The van der Waals surface area contributed by atoms with Crippen LogP contribution in [0.2, 0.25) is 0 Å². The third-order valence-corrected chi connectivity index (χ3v) is 7.28. The summed E-state index contributed by atoms with van der Waals surface area (Å²) in [6.07, 6.45) is -5.67. The second-order valence-electron chi connectivity index (χ2n) is 9.20.